The number of benzene rings is 1. The molecule has 1 heterocycles. The first-order chi connectivity index (χ1) is 7.29. The summed E-state index contributed by atoms with van der Waals surface area (Å²) in [6.07, 6.45) is 2.39. The lowest BCUT2D eigenvalue weighted by Gasteiger charge is -2.04. The van der Waals surface area contributed by atoms with Gasteiger partial charge in [0.25, 0.3) is 0 Å². The lowest BCUT2D eigenvalue weighted by Crippen LogP contribution is -2.12. The van der Waals surface area contributed by atoms with E-state index in [4.69, 9.17) is 0 Å². The van der Waals surface area contributed by atoms with Crippen molar-refractivity contribution in [1.82, 2.24) is 4.98 Å². The fourth-order valence-electron chi connectivity index (χ4n) is 1.46. The van der Waals surface area contributed by atoms with Crippen molar-refractivity contribution < 1.29 is 5.11 Å². The van der Waals surface area contributed by atoms with Crippen LogP contribution in [0.25, 0.3) is 10.2 Å². The predicted molar refractivity (Wildman–Crippen MR) is 67.7 cm³/mol. The maximum Gasteiger partial charge on any atom is 0.0964 e. The number of thioether (sulfide) groups is 1. The molecule has 80 valence electrons. The fraction of sp³-hybridized carbons (Fsp3) is 0.364. The van der Waals surface area contributed by atoms with Crippen LogP contribution in [0, 0.1) is 0 Å². The summed E-state index contributed by atoms with van der Waals surface area (Å²) in [6, 6.07) is 8.08. The average Bonchev–Trinajstić information content (AvgIpc) is 2.59. The summed E-state index contributed by atoms with van der Waals surface area (Å²) in [5.41, 5.74) is 1.04. The third-order valence-corrected chi connectivity index (χ3v) is 3.88. The maximum atomic E-state index is 9.67. The van der Waals surface area contributed by atoms with Gasteiger partial charge in [0.15, 0.2) is 0 Å². The van der Waals surface area contributed by atoms with Gasteiger partial charge in [0, 0.05) is 12.2 Å². The number of aliphatic hydroxyl groups excluding tert-OH is 1. The number of aliphatic hydroxyl groups is 1. The minimum atomic E-state index is -0.277. The second kappa shape index (κ2) is 4.96. The molecule has 0 aliphatic carbocycles. The summed E-state index contributed by atoms with van der Waals surface area (Å²) in [5.74, 6) is 0.774. The Kier molecular flexibility index (Phi) is 3.61. The van der Waals surface area contributed by atoms with E-state index in [0.717, 1.165) is 16.3 Å². The van der Waals surface area contributed by atoms with Crippen LogP contribution in [-0.2, 0) is 6.42 Å². The molecule has 2 aromatic rings. The predicted octanol–water partition coefficient (Wildman–Crippen LogP) is 2.56. The Bertz CT molecular complexity index is 408. The van der Waals surface area contributed by atoms with E-state index in [9.17, 15) is 5.11 Å². The molecule has 0 aliphatic rings. The van der Waals surface area contributed by atoms with Gasteiger partial charge in [-0.15, -0.1) is 11.3 Å². The number of rotatable bonds is 4. The molecular weight excluding hydrogens is 226 g/mol. The molecule has 4 heteroatoms. The molecular formula is C11H13NOS2. The molecule has 0 fully saturated rings. The number of hydrogen-bond acceptors (Lipinski definition) is 4. The third-order valence-electron chi connectivity index (χ3n) is 2.11. The van der Waals surface area contributed by atoms with Gasteiger partial charge in [-0.2, -0.15) is 11.8 Å². The molecule has 2 rings (SSSR count). The lowest BCUT2D eigenvalue weighted by atomic mass is 10.3. The smallest absolute Gasteiger partial charge is 0.0964 e. The van der Waals surface area contributed by atoms with Crippen molar-refractivity contribution >= 4 is 33.3 Å². The molecule has 2 nitrogen and oxygen atoms in total. The molecule has 0 radical (unpaired) electrons. The fourth-order valence-corrected chi connectivity index (χ4v) is 3.00. The van der Waals surface area contributed by atoms with Gasteiger partial charge in [-0.25, -0.2) is 4.98 Å². The highest BCUT2D eigenvalue weighted by Gasteiger charge is 2.08. The van der Waals surface area contributed by atoms with E-state index >= 15 is 0 Å². The second-order valence-electron chi connectivity index (χ2n) is 3.39. The number of thiazole rings is 1. The second-order valence-corrected chi connectivity index (χ2v) is 5.41. The molecule has 0 saturated heterocycles. The van der Waals surface area contributed by atoms with E-state index in [2.05, 4.69) is 11.1 Å². The summed E-state index contributed by atoms with van der Waals surface area (Å²) < 4.78 is 1.20. The van der Waals surface area contributed by atoms with Crippen molar-refractivity contribution in [2.24, 2.45) is 0 Å². The first-order valence-corrected chi connectivity index (χ1v) is 7.02. The van der Waals surface area contributed by atoms with E-state index in [1.54, 1.807) is 23.1 Å². The maximum absolute atomic E-state index is 9.67. The zero-order valence-corrected chi connectivity index (χ0v) is 10.1. The zero-order valence-electron chi connectivity index (χ0n) is 8.51. The zero-order chi connectivity index (χ0) is 10.7. The Balaban J connectivity index is 2.15. The first kappa shape index (κ1) is 10.9. The first-order valence-electron chi connectivity index (χ1n) is 4.81. The minimum Gasteiger partial charge on any atom is -0.392 e. The summed E-state index contributed by atoms with van der Waals surface area (Å²) in [7, 11) is 0. The molecule has 1 aromatic heterocycles. The number of fused-ring (bicyclic) bond motifs is 1. The van der Waals surface area contributed by atoms with Gasteiger partial charge in [-0.05, 0) is 18.4 Å². The van der Waals surface area contributed by atoms with E-state index in [1.165, 1.54) is 4.70 Å². The van der Waals surface area contributed by atoms with Gasteiger partial charge in [0.1, 0.15) is 0 Å². The van der Waals surface area contributed by atoms with Crippen LogP contribution in [0.5, 0.6) is 0 Å². The van der Waals surface area contributed by atoms with Crippen molar-refractivity contribution in [1.29, 1.82) is 0 Å². The molecule has 1 aromatic carbocycles. The Morgan fingerprint density at radius 3 is 3.00 bits per heavy atom. The highest BCUT2D eigenvalue weighted by atomic mass is 32.2. The van der Waals surface area contributed by atoms with Crippen molar-refractivity contribution in [3.63, 3.8) is 0 Å². The van der Waals surface area contributed by atoms with Gasteiger partial charge in [0.2, 0.25) is 0 Å². The van der Waals surface area contributed by atoms with Crippen LogP contribution in [0.3, 0.4) is 0 Å². The molecule has 0 amide bonds. The van der Waals surface area contributed by atoms with Crippen LogP contribution >= 0.6 is 23.1 Å². The van der Waals surface area contributed by atoms with Crippen LogP contribution in [-0.4, -0.2) is 28.2 Å². The van der Waals surface area contributed by atoms with Gasteiger partial charge >= 0.3 is 0 Å². The van der Waals surface area contributed by atoms with Gasteiger partial charge in [-0.1, -0.05) is 12.1 Å². The number of nitrogens with zero attached hydrogens (tertiary/aromatic N) is 1. The monoisotopic (exact) mass is 239 g/mol. The van der Waals surface area contributed by atoms with Gasteiger partial charge < -0.3 is 5.11 Å². The minimum absolute atomic E-state index is 0.277. The Morgan fingerprint density at radius 2 is 2.27 bits per heavy atom. The normalized spacial score (nSPS) is 13.2. The lowest BCUT2D eigenvalue weighted by molar-refractivity contribution is 0.200. The van der Waals surface area contributed by atoms with Crippen LogP contribution in [0.15, 0.2) is 24.3 Å². The van der Waals surface area contributed by atoms with Crippen molar-refractivity contribution in [2.75, 3.05) is 12.0 Å². The molecule has 1 N–H and O–H groups in total. The van der Waals surface area contributed by atoms with E-state index in [1.807, 2.05) is 24.5 Å². The SMILES string of the molecule is CSCC(O)Cc1nc2ccccc2s1. The molecule has 0 saturated carbocycles. The largest absolute Gasteiger partial charge is 0.392 e. The third kappa shape index (κ3) is 2.71. The molecule has 1 unspecified atom stereocenters. The van der Waals surface area contributed by atoms with Crippen LogP contribution in [0.4, 0.5) is 0 Å². The highest BCUT2D eigenvalue weighted by molar-refractivity contribution is 7.98. The summed E-state index contributed by atoms with van der Waals surface area (Å²) in [6.45, 7) is 0. The summed E-state index contributed by atoms with van der Waals surface area (Å²) in [4.78, 5) is 4.48. The Morgan fingerprint density at radius 1 is 1.47 bits per heavy atom. The van der Waals surface area contributed by atoms with Crippen molar-refractivity contribution in [3.05, 3.63) is 29.3 Å². The van der Waals surface area contributed by atoms with E-state index in [-0.39, 0.29) is 6.10 Å². The van der Waals surface area contributed by atoms with Crippen molar-refractivity contribution in [2.45, 2.75) is 12.5 Å². The Labute approximate surface area is 97.4 Å². The van der Waals surface area contributed by atoms with E-state index in [0.29, 0.717) is 6.42 Å². The molecule has 0 bridgehead atoms. The highest BCUT2D eigenvalue weighted by Crippen LogP contribution is 2.22. The summed E-state index contributed by atoms with van der Waals surface area (Å²) >= 11 is 3.33. The van der Waals surface area contributed by atoms with Crippen LogP contribution < -0.4 is 0 Å². The molecule has 15 heavy (non-hydrogen) atoms. The molecule has 1 atom stereocenters. The van der Waals surface area contributed by atoms with Gasteiger partial charge in [-0.3, -0.25) is 0 Å². The van der Waals surface area contributed by atoms with Crippen LogP contribution in [0.1, 0.15) is 5.01 Å². The van der Waals surface area contributed by atoms with E-state index < -0.39 is 0 Å². The molecule has 0 spiro atoms. The summed E-state index contributed by atoms with van der Waals surface area (Å²) in [5, 5.41) is 10.7. The average molecular weight is 239 g/mol. The van der Waals surface area contributed by atoms with Crippen LogP contribution in [0.2, 0.25) is 0 Å². The molecule has 0 aliphatic heterocycles. The van der Waals surface area contributed by atoms with Crippen molar-refractivity contribution in [3.8, 4) is 0 Å². The Hall–Kier alpha value is -0.580. The standard InChI is InChI=1S/C11H13NOS2/c1-14-7-8(13)6-11-12-9-4-2-3-5-10(9)15-11/h2-5,8,13H,6-7H2,1H3. The van der Waals surface area contributed by atoms with Gasteiger partial charge in [0.05, 0.1) is 21.3 Å². The topological polar surface area (TPSA) is 33.1 Å². The number of aromatic nitrogens is 1. The quantitative estimate of drug-likeness (QED) is 0.890. The number of hydrogen-bond donors (Lipinski definition) is 1. The number of para-hydroxylation sites is 1.